The minimum atomic E-state index is -0.793. The summed E-state index contributed by atoms with van der Waals surface area (Å²) in [5.41, 5.74) is 1.68. The van der Waals surface area contributed by atoms with Gasteiger partial charge in [0.25, 0.3) is 0 Å². The molecule has 1 aromatic carbocycles. The number of benzene rings is 1. The van der Waals surface area contributed by atoms with Crippen molar-refractivity contribution in [2.75, 3.05) is 24.6 Å². The van der Waals surface area contributed by atoms with E-state index >= 15 is 0 Å². The molecule has 1 saturated heterocycles. The molecule has 0 radical (unpaired) electrons. The van der Waals surface area contributed by atoms with Gasteiger partial charge in [-0.1, -0.05) is 0 Å². The van der Waals surface area contributed by atoms with Crippen molar-refractivity contribution in [2.45, 2.75) is 18.9 Å². The highest BCUT2D eigenvalue weighted by molar-refractivity contribution is 5.66. The Labute approximate surface area is 112 Å². The lowest BCUT2D eigenvalue weighted by atomic mass is 10.1. The van der Waals surface area contributed by atoms with Crippen LogP contribution in [0.15, 0.2) is 24.3 Å². The van der Waals surface area contributed by atoms with Gasteiger partial charge in [-0.05, 0) is 30.7 Å². The molecule has 2 rings (SSSR count). The van der Waals surface area contributed by atoms with Crippen LogP contribution in [0.5, 0.6) is 0 Å². The number of ether oxygens (including phenoxy) is 1. The van der Waals surface area contributed by atoms with E-state index in [-0.39, 0.29) is 12.5 Å². The molecule has 0 spiro atoms. The molecule has 0 bridgehead atoms. The van der Waals surface area contributed by atoms with Gasteiger partial charge in [-0.3, -0.25) is 4.79 Å². The Kier molecular flexibility index (Phi) is 4.37. The van der Waals surface area contributed by atoms with Gasteiger partial charge in [-0.2, -0.15) is 5.26 Å². The van der Waals surface area contributed by atoms with E-state index in [0.29, 0.717) is 25.1 Å². The molecule has 0 saturated carbocycles. The Bertz CT molecular complexity index is 478. The quantitative estimate of drug-likeness (QED) is 0.890. The maximum Gasteiger partial charge on any atom is 0.303 e. The largest absolute Gasteiger partial charge is 0.481 e. The molecule has 1 aromatic rings. The Morgan fingerprint density at radius 3 is 2.84 bits per heavy atom. The van der Waals surface area contributed by atoms with Gasteiger partial charge in [-0.25, -0.2) is 0 Å². The number of hydrogen-bond acceptors (Lipinski definition) is 4. The van der Waals surface area contributed by atoms with Gasteiger partial charge in [0.2, 0.25) is 0 Å². The van der Waals surface area contributed by atoms with Crippen LogP contribution in [-0.2, 0) is 9.53 Å². The number of hydrogen-bond donors (Lipinski definition) is 1. The Hall–Kier alpha value is -2.06. The van der Waals surface area contributed by atoms with Gasteiger partial charge < -0.3 is 14.7 Å². The van der Waals surface area contributed by atoms with Gasteiger partial charge in [-0.15, -0.1) is 0 Å². The second-order valence-electron chi connectivity index (χ2n) is 4.53. The van der Waals surface area contributed by atoms with Crippen LogP contribution in [0.2, 0.25) is 0 Å². The molecule has 1 atom stereocenters. The molecule has 19 heavy (non-hydrogen) atoms. The van der Waals surface area contributed by atoms with Gasteiger partial charge in [0.05, 0.1) is 24.3 Å². The molecule has 1 heterocycles. The zero-order chi connectivity index (χ0) is 13.7. The molecule has 1 fully saturated rings. The van der Waals surface area contributed by atoms with E-state index in [1.165, 1.54) is 0 Å². The Balaban J connectivity index is 1.96. The maximum absolute atomic E-state index is 10.6. The Morgan fingerprint density at radius 1 is 1.47 bits per heavy atom. The molecule has 5 heteroatoms. The number of anilines is 1. The second-order valence-corrected chi connectivity index (χ2v) is 4.53. The first-order chi connectivity index (χ1) is 9.19. The minimum absolute atomic E-state index is 0.0412. The highest BCUT2D eigenvalue weighted by atomic mass is 16.5. The van der Waals surface area contributed by atoms with E-state index in [0.717, 1.165) is 12.2 Å². The molecule has 1 aliphatic rings. The zero-order valence-corrected chi connectivity index (χ0v) is 10.6. The van der Waals surface area contributed by atoms with E-state index in [4.69, 9.17) is 15.1 Å². The van der Waals surface area contributed by atoms with Crippen LogP contribution in [0.25, 0.3) is 0 Å². The van der Waals surface area contributed by atoms with Crippen molar-refractivity contribution in [1.29, 1.82) is 5.26 Å². The molecular formula is C14H16N2O3. The average molecular weight is 260 g/mol. The van der Waals surface area contributed by atoms with Crippen molar-refractivity contribution in [3.8, 4) is 6.07 Å². The van der Waals surface area contributed by atoms with E-state index in [1.807, 2.05) is 12.1 Å². The topological polar surface area (TPSA) is 73.6 Å². The summed E-state index contributed by atoms with van der Waals surface area (Å²) in [5, 5.41) is 17.4. The molecule has 1 aliphatic heterocycles. The van der Waals surface area contributed by atoms with Crippen molar-refractivity contribution >= 4 is 11.7 Å². The van der Waals surface area contributed by atoms with Crippen LogP contribution < -0.4 is 4.90 Å². The highest BCUT2D eigenvalue weighted by Crippen LogP contribution is 2.20. The number of aliphatic carboxylic acids is 1. The SMILES string of the molecule is N#Cc1ccc(N2CCOC(CCC(=O)O)C2)cc1. The zero-order valence-electron chi connectivity index (χ0n) is 10.6. The van der Waals surface area contributed by atoms with Crippen LogP contribution in [0, 0.1) is 11.3 Å². The predicted molar refractivity (Wildman–Crippen MR) is 70.0 cm³/mol. The molecule has 0 amide bonds. The summed E-state index contributed by atoms with van der Waals surface area (Å²) in [4.78, 5) is 12.7. The maximum atomic E-state index is 10.6. The van der Waals surface area contributed by atoms with E-state index < -0.39 is 5.97 Å². The fraction of sp³-hybridized carbons (Fsp3) is 0.429. The molecule has 1 unspecified atom stereocenters. The van der Waals surface area contributed by atoms with E-state index in [2.05, 4.69) is 11.0 Å². The normalized spacial score (nSPS) is 18.9. The molecular weight excluding hydrogens is 244 g/mol. The lowest BCUT2D eigenvalue weighted by Gasteiger charge is -2.34. The molecule has 0 aromatic heterocycles. The van der Waals surface area contributed by atoms with Gasteiger partial charge in [0.15, 0.2) is 0 Å². The number of nitriles is 1. The van der Waals surface area contributed by atoms with Gasteiger partial charge in [0.1, 0.15) is 0 Å². The van der Waals surface area contributed by atoms with Crippen LogP contribution in [0.4, 0.5) is 5.69 Å². The molecule has 5 nitrogen and oxygen atoms in total. The minimum Gasteiger partial charge on any atom is -0.481 e. The number of carbonyl (C=O) groups is 1. The second kappa shape index (κ2) is 6.21. The van der Waals surface area contributed by atoms with Crippen LogP contribution in [-0.4, -0.2) is 36.9 Å². The summed E-state index contributed by atoms with van der Waals surface area (Å²) in [6, 6.07) is 9.50. The summed E-state index contributed by atoms with van der Waals surface area (Å²) in [6.07, 6.45) is 0.619. The molecule has 0 aliphatic carbocycles. The van der Waals surface area contributed by atoms with Crippen LogP contribution in [0.1, 0.15) is 18.4 Å². The average Bonchev–Trinajstić information content (AvgIpc) is 2.45. The summed E-state index contributed by atoms with van der Waals surface area (Å²) >= 11 is 0. The summed E-state index contributed by atoms with van der Waals surface area (Å²) in [6.45, 7) is 2.08. The standard InChI is InChI=1S/C14H16N2O3/c15-9-11-1-3-12(4-2-11)16-7-8-19-13(10-16)5-6-14(17)18/h1-4,13H,5-8,10H2,(H,17,18). The third-order valence-electron chi connectivity index (χ3n) is 3.18. The fourth-order valence-electron chi connectivity index (χ4n) is 2.16. The van der Waals surface area contributed by atoms with Crippen LogP contribution in [0.3, 0.4) is 0 Å². The number of carboxylic acid groups (broad SMARTS) is 1. The number of morpholine rings is 1. The van der Waals surface area contributed by atoms with Crippen LogP contribution >= 0.6 is 0 Å². The lowest BCUT2D eigenvalue weighted by Crippen LogP contribution is -2.42. The smallest absolute Gasteiger partial charge is 0.303 e. The first-order valence-electron chi connectivity index (χ1n) is 6.27. The monoisotopic (exact) mass is 260 g/mol. The third-order valence-corrected chi connectivity index (χ3v) is 3.18. The number of nitrogens with zero attached hydrogens (tertiary/aromatic N) is 2. The lowest BCUT2D eigenvalue weighted by molar-refractivity contribution is -0.137. The molecule has 100 valence electrons. The number of rotatable bonds is 4. The predicted octanol–water partition coefficient (Wildman–Crippen LogP) is 1.63. The van der Waals surface area contributed by atoms with Crippen molar-refractivity contribution < 1.29 is 14.6 Å². The summed E-state index contributed by atoms with van der Waals surface area (Å²) in [7, 11) is 0. The van der Waals surface area contributed by atoms with Gasteiger partial charge in [0, 0.05) is 25.2 Å². The summed E-state index contributed by atoms with van der Waals surface area (Å²) < 4.78 is 5.57. The van der Waals surface area contributed by atoms with Crippen molar-refractivity contribution in [1.82, 2.24) is 0 Å². The van der Waals surface area contributed by atoms with Crippen molar-refractivity contribution in [2.24, 2.45) is 0 Å². The first-order valence-corrected chi connectivity index (χ1v) is 6.27. The van der Waals surface area contributed by atoms with Crippen molar-refractivity contribution in [3.05, 3.63) is 29.8 Å². The third kappa shape index (κ3) is 3.70. The summed E-state index contributed by atoms with van der Waals surface area (Å²) in [5.74, 6) is -0.793. The molecule has 1 N–H and O–H groups in total. The van der Waals surface area contributed by atoms with Crippen molar-refractivity contribution in [3.63, 3.8) is 0 Å². The first kappa shape index (κ1) is 13.4. The van der Waals surface area contributed by atoms with E-state index in [1.54, 1.807) is 12.1 Å². The highest BCUT2D eigenvalue weighted by Gasteiger charge is 2.21. The fourth-order valence-corrected chi connectivity index (χ4v) is 2.16. The number of carboxylic acids is 1. The van der Waals surface area contributed by atoms with Gasteiger partial charge >= 0.3 is 5.97 Å². The Morgan fingerprint density at radius 2 is 2.21 bits per heavy atom. The van der Waals surface area contributed by atoms with E-state index in [9.17, 15) is 4.79 Å².